The number of rotatable bonds is 6. The molecule has 42 heavy (non-hydrogen) atoms. The summed E-state index contributed by atoms with van der Waals surface area (Å²) in [7, 11) is 1.72. The van der Waals surface area contributed by atoms with Gasteiger partial charge in [0, 0.05) is 29.9 Å². The van der Waals surface area contributed by atoms with Crippen LogP contribution >= 0.6 is 0 Å². The highest BCUT2D eigenvalue weighted by Gasteiger charge is 2.38. The number of aromatic nitrogens is 4. The fourth-order valence-electron chi connectivity index (χ4n) is 4.18. The topological polar surface area (TPSA) is 119 Å². The van der Waals surface area contributed by atoms with Crippen LogP contribution in [-0.2, 0) is 18.3 Å². The van der Waals surface area contributed by atoms with Crippen molar-refractivity contribution in [1.82, 2.24) is 19.7 Å². The van der Waals surface area contributed by atoms with Crippen molar-refractivity contribution >= 4 is 28.2 Å². The molecule has 4 N–H and O–H groups in total. The van der Waals surface area contributed by atoms with Crippen molar-refractivity contribution in [3.63, 3.8) is 0 Å². The second kappa shape index (κ2) is 12.2. The molecule has 8 nitrogen and oxygen atoms in total. The molecular formula is C29H25F5N6O2. The zero-order valence-corrected chi connectivity index (χ0v) is 22.3. The fraction of sp³-hybridized carbons (Fsp3) is 0.172. The normalized spacial score (nSPS) is 12.0. The Morgan fingerprint density at radius 3 is 2.43 bits per heavy atom. The summed E-state index contributed by atoms with van der Waals surface area (Å²) in [6.45, 7) is 2.01. The van der Waals surface area contributed by atoms with Gasteiger partial charge in [-0.2, -0.15) is 18.3 Å². The standard InChI is InChI=1S/C27H24F2N6.C2HF3O2/c1-3-16-8-11-23(29)21(14-16)24(32-18-9-10-19-17(15-18)12-13-31-25(19)30)27-33-26(34-35(27)2)20-6-4-5-7-22(20)28;3-2(4,5)1(6)7/h4-15,24,32H,3H2,1-2H3,(H2,30,31);(H,6,7). The van der Waals surface area contributed by atoms with Crippen molar-refractivity contribution in [3.05, 3.63) is 102 Å². The quantitative estimate of drug-likeness (QED) is 0.201. The number of carboxylic acid groups (broad SMARTS) is 1. The number of nitrogens with one attached hydrogen (secondary N) is 1. The van der Waals surface area contributed by atoms with Gasteiger partial charge in [-0.25, -0.2) is 23.5 Å². The second-order valence-corrected chi connectivity index (χ2v) is 9.12. The lowest BCUT2D eigenvalue weighted by molar-refractivity contribution is -0.192. The predicted molar refractivity (Wildman–Crippen MR) is 147 cm³/mol. The Bertz CT molecular complexity index is 1740. The molecule has 5 rings (SSSR count). The summed E-state index contributed by atoms with van der Waals surface area (Å²) in [5.74, 6) is -2.43. The van der Waals surface area contributed by atoms with Crippen molar-refractivity contribution < 1.29 is 31.9 Å². The van der Waals surface area contributed by atoms with Crippen LogP contribution in [-0.4, -0.2) is 37.0 Å². The van der Waals surface area contributed by atoms with Crippen molar-refractivity contribution in [2.75, 3.05) is 11.1 Å². The summed E-state index contributed by atoms with van der Waals surface area (Å²) < 4.78 is 62.9. The summed E-state index contributed by atoms with van der Waals surface area (Å²) in [6, 6.07) is 18.2. The van der Waals surface area contributed by atoms with E-state index in [9.17, 15) is 17.6 Å². The summed E-state index contributed by atoms with van der Waals surface area (Å²) in [4.78, 5) is 17.7. The molecule has 0 aliphatic carbocycles. The molecular weight excluding hydrogens is 559 g/mol. The number of alkyl halides is 3. The number of carbonyl (C=O) groups is 1. The van der Waals surface area contributed by atoms with Gasteiger partial charge < -0.3 is 16.2 Å². The minimum Gasteiger partial charge on any atom is -0.475 e. The number of nitrogen functional groups attached to an aromatic ring is 1. The van der Waals surface area contributed by atoms with E-state index in [4.69, 9.17) is 15.6 Å². The fourth-order valence-corrected chi connectivity index (χ4v) is 4.18. The lowest BCUT2D eigenvalue weighted by Gasteiger charge is -2.21. The number of carboxylic acids is 1. The lowest BCUT2D eigenvalue weighted by Crippen LogP contribution is -2.21. The smallest absolute Gasteiger partial charge is 0.475 e. The summed E-state index contributed by atoms with van der Waals surface area (Å²) in [5.41, 5.74) is 8.43. The Balaban J connectivity index is 0.000000517. The molecule has 2 heterocycles. The van der Waals surface area contributed by atoms with Crippen LogP contribution in [0, 0.1) is 11.6 Å². The number of aryl methyl sites for hydroxylation is 2. The first-order chi connectivity index (χ1) is 19.9. The van der Waals surface area contributed by atoms with E-state index in [0.717, 1.165) is 28.4 Å². The van der Waals surface area contributed by atoms with E-state index in [0.29, 0.717) is 17.2 Å². The van der Waals surface area contributed by atoms with Gasteiger partial charge in [-0.05, 0) is 59.8 Å². The summed E-state index contributed by atoms with van der Waals surface area (Å²) >= 11 is 0. The van der Waals surface area contributed by atoms with Gasteiger partial charge in [0.1, 0.15) is 23.5 Å². The highest BCUT2D eigenvalue weighted by molar-refractivity contribution is 5.93. The van der Waals surface area contributed by atoms with Crippen LogP contribution in [0.5, 0.6) is 0 Å². The van der Waals surface area contributed by atoms with Crippen LogP contribution in [0.1, 0.15) is 29.9 Å². The number of hydrogen-bond donors (Lipinski definition) is 3. The molecule has 0 saturated heterocycles. The van der Waals surface area contributed by atoms with Crippen LogP contribution in [0.25, 0.3) is 22.2 Å². The third kappa shape index (κ3) is 6.62. The zero-order valence-electron chi connectivity index (χ0n) is 22.3. The Kier molecular flexibility index (Phi) is 8.69. The number of anilines is 2. The van der Waals surface area contributed by atoms with E-state index < -0.39 is 24.0 Å². The van der Waals surface area contributed by atoms with E-state index in [1.54, 1.807) is 42.2 Å². The SMILES string of the molecule is CCc1ccc(F)c(C(Nc2ccc3c(N)nccc3c2)c2nc(-c3ccccc3F)nn2C)c1.O=C(O)C(F)(F)F. The van der Waals surface area contributed by atoms with Crippen LogP contribution in [0.2, 0.25) is 0 Å². The van der Waals surface area contributed by atoms with Gasteiger partial charge in [-0.15, -0.1) is 0 Å². The Morgan fingerprint density at radius 2 is 1.76 bits per heavy atom. The third-order valence-electron chi connectivity index (χ3n) is 6.30. The van der Waals surface area contributed by atoms with Gasteiger partial charge in [0.2, 0.25) is 0 Å². The van der Waals surface area contributed by atoms with Gasteiger partial charge in [0.15, 0.2) is 11.6 Å². The van der Waals surface area contributed by atoms with E-state index >= 15 is 4.39 Å². The number of fused-ring (bicyclic) bond motifs is 1. The monoisotopic (exact) mass is 584 g/mol. The molecule has 0 saturated carbocycles. The Hall–Kier alpha value is -5.07. The van der Waals surface area contributed by atoms with Crippen molar-refractivity contribution in [2.24, 2.45) is 7.05 Å². The van der Waals surface area contributed by atoms with Crippen LogP contribution in [0.15, 0.2) is 72.9 Å². The number of nitrogens with zero attached hydrogens (tertiary/aromatic N) is 4. The average Bonchev–Trinajstić information content (AvgIpc) is 3.33. The van der Waals surface area contributed by atoms with Crippen LogP contribution < -0.4 is 11.1 Å². The molecule has 2 aromatic heterocycles. The highest BCUT2D eigenvalue weighted by atomic mass is 19.4. The Morgan fingerprint density at radius 1 is 1.05 bits per heavy atom. The van der Waals surface area contributed by atoms with Gasteiger partial charge in [0.05, 0.1) is 5.56 Å². The van der Waals surface area contributed by atoms with Gasteiger partial charge in [-0.3, -0.25) is 4.68 Å². The minimum atomic E-state index is -5.08. The van der Waals surface area contributed by atoms with Gasteiger partial charge in [-0.1, -0.05) is 31.2 Å². The molecule has 1 atom stereocenters. The third-order valence-corrected chi connectivity index (χ3v) is 6.30. The van der Waals surface area contributed by atoms with Crippen molar-refractivity contribution in [2.45, 2.75) is 25.6 Å². The molecule has 3 aromatic carbocycles. The van der Waals surface area contributed by atoms with Crippen molar-refractivity contribution in [1.29, 1.82) is 0 Å². The van der Waals surface area contributed by atoms with Gasteiger partial charge in [0.25, 0.3) is 0 Å². The average molecular weight is 585 g/mol. The maximum Gasteiger partial charge on any atom is 0.490 e. The summed E-state index contributed by atoms with van der Waals surface area (Å²) in [6.07, 6.45) is -2.69. The maximum atomic E-state index is 15.2. The molecule has 13 heteroatoms. The first-order valence-corrected chi connectivity index (χ1v) is 12.5. The molecule has 0 radical (unpaired) electrons. The van der Waals surface area contributed by atoms with E-state index in [-0.39, 0.29) is 17.2 Å². The molecule has 1 unspecified atom stereocenters. The molecule has 0 fully saturated rings. The molecule has 0 aliphatic heterocycles. The lowest BCUT2D eigenvalue weighted by atomic mass is 10.0. The van der Waals surface area contributed by atoms with E-state index in [2.05, 4.69) is 20.4 Å². The highest BCUT2D eigenvalue weighted by Crippen LogP contribution is 2.32. The molecule has 0 aliphatic rings. The second-order valence-electron chi connectivity index (χ2n) is 9.12. The van der Waals surface area contributed by atoms with Gasteiger partial charge >= 0.3 is 12.1 Å². The first-order valence-electron chi connectivity index (χ1n) is 12.5. The number of aliphatic carboxylic acids is 1. The predicted octanol–water partition coefficient (Wildman–Crippen LogP) is 6.29. The van der Waals surface area contributed by atoms with Crippen LogP contribution in [0.3, 0.4) is 0 Å². The van der Waals surface area contributed by atoms with Crippen molar-refractivity contribution in [3.8, 4) is 11.4 Å². The molecule has 218 valence electrons. The largest absolute Gasteiger partial charge is 0.490 e. The number of halogens is 5. The zero-order chi connectivity index (χ0) is 30.6. The molecule has 5 aromatic rings. The van der Waals surface area contributed by atoms with E-state index in [1.807, 2.05) is 37.3 Å². The number of benzene rings is 3. The van der Waals surface area contributed by atoms with E-state index in [1.165, 1.54) is 12.1 Å². The minimum absolute atomic E-state index is 0.233. The molecule has 0 bridgehead atoms. The summed E-state index contributed by atoms with van der Waals surface area (Å²) in [5, 5.41) is 16.7. The molecule has 0 spiro atoms. The Labute approximate surface area is 236 Å². The number of nitrogens with two attached hydrogens (primary N) is 1. The van der Waals surface area contributed by atoms with Crippen LogP contribution in [0.4, 0.5) is 33.5 Å². The first kappa shape index (κ1) is 29.9. The number of hydrogen-bond acceptors (Lipinski definition) is 6. The maximum absolute atomic E-state index is 15.2. The number of pyridine rings is 1. The molecule has 0 amide bonds.